The van der Waals surface area contributed by atoms with Crippen molar-refractivity contribution in [1.82, 2.24) is 0 Å². The molecule has 14 heavy (non-hydrogen) atoms. The molecule has 0 aromatic carbocycles. The summed E-state index contributed by atoms with van der Waals surface area (Å²) in [4.78, 5) is 0. The van der Waals surface area contributed by atoms with E-state index in [1.807, 2.05) is 0 Å². The van der Waals surface area contributed by atoms with Gasteiger partial charge in [0.15, 0.2) is 5.79 Å². The van der Waals surface area contributed by atoms with Crippen LogP contribution in [0.1, 0.15) is 47.0 Å². The summed E-state index contributed by atoms with van der Waals surface area (Å²) in [6.07, 6.45) is 3.48. The van der Waals surface area contributed by atoms with Gasteiger partial charge >= 0.3 is 0 Å². The molecule has 0 unspecified atom stereocenters. The van der Waals surface area contributed by atoms with Gasteiger partial charge in [-0.25, -0.2) is 0 Å². The lowest BCUT2D eigenvalue weighted by Crippen LogP contribution is -2.40. The molecule has 0 spiro atoms. The van der Waals surface area contributed by atoms with E-state index in [0.717, 1.165) is 25.6 Å². The average molecular weight is 200 g/mol. The minimum absolute atomic E-state index is 0.304. The third kappa shape index (κ3) is 3.97. The molecule has 84 valence electrons. The molecular formula is C12H24O2. The molecule has 0 aliphatic carbocycles. The molecule has 0 aromatic rings. The summed E-state index contributed by atoms with van der Waals surface area (Å²) in [6, 6.07) is 0. The first-order valence-electron chi connectivity index (χ1n) is 5.80. The molecule has 2 nitrogen and oxygen atoms in total. The SMILES string of the molecule is CC(C)CCCC1(C)OCC(C)CO1. The van der Waals surface area contributed by atoms with E-state index >= 15 is 0 Å². The first-order chi connectivity index (χ1) is 6.52. The van der Waals surface area contributed by atoms with Gasteiger partial charge in [0.1, 0.15) is 0 Å². The third-order valence-electron chi connectivity index (χ3n) is 2.76. The molecule has 0 atom stereocenters. The minimum Gasteiger partial charge on any atom is -0.350 e. The number of rotatable bonds is 4. The maximum Gasteiger partial charge on any atom is 0.165 e. The smallest absolute Gasteiger partial charge is 0.165 e. The highest BCUT2D eigenvalue weighted by Gasteiger charge is 2.30. The highest BCUT2D eigenvalue weighted by molar-refractivity contribution is 4.70. The van der Waals surface area contributed by atoms with Crippen LogP contribution in [0.25, 0.3) is 0 Å². The van der Waals surface area contributed by atoms with Crippen molar-refractivity contribution in [2.45, 2.75) is 52.7 Å². The Hall–Kier alpha value is -0.0800. The zero-order valence-corrected chi connectivity index (χ0v) is 10.0. The van der Waals surface area contributed by atoms with Gasteiger partial charge in [-0.05, 0) is 19.3 Å². The van der Waals surface area contributed by atoms with Crippen molar-refractivity contribution in [3.63, 3.8) is 0 Å². The van der Waals surface area contributed by atoms with E-state index in [1.54, 1.807) is 0 Å². The lowest BCUT2D eigenvalue weighted by atomic mass is 10.0. The Labute approximate surface area is 88.0 Å². The van der Waals surface area contributed by atoms with Crippen LogP contribution >= 0.6 is 0 Å². The van der Waals surface area contributed by atoms with Gasteiger partial charge in [0.25, 0.3) is 0 Å². The summed E-state index contributed by atoms with van der Waals surface area (Å²) in [5, 5.41) is 0. The Morgan fingerprint density at radius 1 is 1.29 bits per heavy atom. The summed E-state index contributed by atoms with van der Waals surface area (Å²) in [5.74, 6) is 1.02. The predicted octanol–water partition coefficient (Wildman–Crippen LogP) is 3.21. The minimum atomic E-state index is -0.304. The summed E-state index contributed by atoms with van der Waals surface area (Å²) in [7, 11) is 0. The van der Waals surface area contributed by atoms with Crippen LogP contribution < -0.4 is 0 Å². The van der Waals surface area contributed by atoms with Crippen molar-refractivity contribution >= 4 is 0 Å². The van der Waals surface area contributed by atoms with Crippen molar-refractivity contribution in [3.05, 3.63) is 0 Å². The van der Waals surface area contributed by atoms with Crippen molar-refractivity contribution in [3.8, 4) is 0 Å². The zero-order valence-electron chi connectivity index (χ0n) is 10.0. The van der Waals surface area contributed by atoms with E-state index in [2.05, 4.69) is 27.7 Å². The second-order valence-corrected chi connectivity index (χ2v) is 5.15. The van der Waals surface area contributed by atoms with E-state index in [4.69, 9.17) is 9.47 Å². The quantitative estimate of drug-likeness (QED) is 0.693. The Bertz CT molecular complexity index is 158. The zero-order chi connectivity index (χ0) is 10.6. The standard InChI is InChI=1S/C12H24O2/c1-10(2)6-5-7-12(4)13-8-11(3)9-14-12/h10-11H,5-9H2,1-4H3. The van der Waals surface area contributed by atoms with Gasteiger partial charge in [-0.15, -0.1) is 0 Å². The second-order valence-electron chi connectivity index (χ2n) is 5.15. The molecule has 1 aliphatic rings. The molecule has 0 saturated carbocycles. The van der Waals surface area contributed by atoms with Crippen LogP contribution in [0.2, 0.25) is 0 Å². The Morgan fingerprint density at radius 2 is 1.86 bits per heavy atom. The topological polar surface area (TPSA) is 18.5 Å². The maximum atomic E-state index is 5.74. The van der Waals surface area contributed by atoms with Crippen LogP contribution in [0.4, 0.5) is 0 Å². The molecule has 0 amide bonds. The monoisotopic (exact) mass is 200 g/mol. The van der Waals surface area contributed by atoms with Crippen molar-refractivity contribution < 1.29 is 9.47 Å². The predicted molar refractivity (Wildman–Crippen MR) is 58.2 cm³/mol. The molecule has 1 heterocycles. The first-order valence-corrected chi connectivity index (χ1v) is 5.80. The lowest BCUT2D eigenvalue weighted by Gasteiger charge is -2.36. The van der Waals surface area contributed by atoms with Gasteiger partial charge in [-0.3, -0.25) is 0 Å². The Balaban J connectivity index is 2.21. The molecule has 0 radical (unpaired) electrons. The number of hydrogen-bond donors (Lipinski definition) is 0. The fourth-order valence-corrected chi connectivity index (χ4v) is 1.70. The van der Waals surface area contributed by atoms with Crippen LogP contribution in [0.15, 0.2) is 0 Å². The fourth-order valence-electron chi connectivity index (χ4n) is 1.70. The van der Waals surface area contributed by atoms with Gasteiger partial charge in [0, 0.05) is 12.3 Å². The molecular weight excluding hydrogens is 176 g/mol. The summed E-state index contributed by atoms with van der Waals surface area (Å²) >= 11 is 0. The molecule has 1 aliphatic heterocycles. The summed E-state index contributed by atoms with van der Waals surface area (Å²) in [6.45, 7) is 10.4. The first kappa shape index (κ1) is 12.0. The van der Waals surface area contributed by atoms with Crippen LogP contribution in [0.5, 0.6) is 0 Å². The molecule has 1 fully saturated rings. The number of ether oxygens (including phenoxy) is 2. The van der Waals surface area contributed by atoms with E-state index in [9.17, 15) is 0 Å². The third-order valence-corrected chi connectivity index (χ3v) is 2.76. The van der Waals surface area contributed by atoms with Crippen LogP contribution in [0.3, 0.4) is 0 Å². The fraction of sp³-hybridized carbons (Fsp3) is 1.00. The normalized spacial score (nSPS) is 33.6. The van der Waals surface area contributed by atoms with E-state index in [0.29, 0.717) is 5.92 Å². The van der Waals surface area contributed by atoms with Gasteiger partial charge in [0.2, 0.25) is 0 Å². The largest absolute Gasteiger partial charge is 0.350 e. The van der Waals surface area contributed by atoms with Crippen LogP contribution in [0, 0.1) is 11.8 Å². The van der Waals surface area contributed by atoms with E-state index < -0.39 is 0 Å². The van der Waals surface area contributed by atoms with Gasteiger partial charge in [0.05, 0.1) is 13.2 Å². The lowest BCUT2D eigenvalue weighted by molar-refractivity contribution is -0.274. The highest BCUT2D eigenvalue weighted by atomic mass is 16.7. The number of hydrogen-bond acceptors (Lipinski definition) is 2. The Kier molecular flexibility index (Phi) is 4.39. The van der Waals surface area contributed by atoms with Gasteiger partial charge in [-0.1, -0.05) is 27.2 Å². The molecule has 0 aromatic heterocycles. The van der Waals surface area contributed by atoms with Crippen molar-refractivity contribution in [2.75, 3.05) is 13.2 Å². The van der Waals surface area contributed by atoms with Crippen molar-refractivity contribution in [1.29, 1.82) is 0 Å². The maximum absolute atomic E-state index is 5.74. The summed E-state index contributed by atoms with van der Waals surface area (Å²) < 4.78 is 11.5. The van der Waals surface area contributed by atoms with E-state index in [1.165, 1.54) is 12.8 Å². The van der Waals surface area contributed by atoms with Gasteiger partial charge in [-0.2, -0.15) is 0 Å². The second kappa shape index (κ2) is 5.13. The van der Waals surface area contributed by atoms with Crippen LogP contribution in [-0.4, -0.2) is 19.0 Å². The highest BCUT2D eigenvalue weighted by Crippen LogP contribution is 2.27. The van der Waals surface area contributed by atoms with Gasteiger partial charge < -0.3 is 9.47 Å². The molecule has 0 N–H and O–H groups in total. The Morgan fingerprint density at radius 3 is 2.36 bits per heavy atom. The molecule has 0 bridgehead atoms. The average Bonchev–Trinajstić information content (AvgIpc) is 2.10. The summed E-state index contributed by atoms with van der Waals surface area (Å²) in [5.41, 5.74) is 0. The van der Waals surface area contributed by atoms with E-state index in [-0.39, 0.29) is 5.79 Å². The molecule has 1 saturated heterocycles. The van der Waals surface area contributed by atoms with Crippen LogP contribution in [-0.2, 0) is 9.47 Å². The molecule has 2 heteroatoms. The van der Waals surface area contributed by atoms with Crippen molar-refractivity contribution in [2.24, 2.45) is 11.8 Å². The molecule has 1 rings (SSSR count).